The van der Waals surface area contributed by atoms with Crippen molar-refractivity contribution in [2.75, 3.05) is 0 Å². The number of hydrogen-bond donors (Lipinski definition) is 0. The molecule has 2 rings (SSSR count). The maximum Gasteiger partial charge on any atom is 0.184 e. The minimum atomic E-state index is 0.201. The summed E-state index contributed by atoms with van der Waals surface area (Å²) in [6, 6.07) is 1.71. The topological polar surface area (TPSA) is 42.9 Å². The molecule has 0 aliphatic heterocycles. The molecule has 74 valence electrons. The number of carbonyl (C=O) groups is 1. The van der Waals surface area contributed by atoms with Gasteiger partial charge in [-0.3, -0.25) is 4.79 Å². The van der Waals surface area contributed by atoms with Gasteiger partial charge in [-0.05, 0) is 18.9 Å². The van der Waals surface area contributed by atoms with E-state index in [9.17, 15) is 4.79 Å². The lowest BCUT2D eigenvalue weighted by molar-refractivity contribution is 0.0884. The Morgan fingerprint density at radius 1 is 1.29 bits per heavy atom. The van der Waals surface area contributed by atoms with E-state index in [1.54, 1.807) is 12.3 Å². The Balaban J connectivity index is 2.07. The highest BCUT2D eigenvalue weighted by Crippen LogP contribution is 2.26. The monoisotopic (exact) mass is 190 g/mol. The molecular weight excluding hydrogens is 176 g/mol. The van der Waals surface area contributed by atoms with Crippen LogP contribution >= 0.6 is 0 Å². The fraction of sp³-hybridized carbons (Fsp3) is 0.545. The van der Waals surface area contributed by atoms with E-state index >= 15 is 0 Å². The highest BCUT2D eigenvalue weighted by molar-refractivity contribution is 5.95. The largest absolute Gasteiger partial charge is 0.292 e. The number of rotatable bonds is 2. The van der Waals surface area contributed by atoms with Crippen molar-refractivity contribution in [1.29, 1.82) is 0 Å². The summed E-state index contributed by atoms with van der Waals surface area (Å²) in [5, 5.41) is 0. The smallest absolute Gasteiger partial charge is 0.184 e. The van der Waals surface area contributed by atoms with Crippen LogP contribution in [0.2, 0.25) is 0 Å². The molecule has 1 aromatic rings. The first-order valence-corrected chi connectivity index (χ1v) is 5.18. The molecule has 0 spiro atoms. The number of aromatic nitrogens is 2. The predicted molar refractivity (Wildman–Crippen MR) is 52.9 cm³/mol. The summed E-state index contributed by atoms with van der Waals surface area (Å²) in [6.07, 6.45) is 8.77. The Morgan fingerprint density at radius 2 is 2.07 bits per heavy atom. The maximum absolute atomic E-state index is 11.9. The van der Waals surface area contributed by atoms with Crippen LogP contribution in [0.3, 0.4) is 0 Å². The van der Waals surface area contributed by atoms with Gasteiger partial charge < -0.3 is 0 Å². The average molecular weight is 190 g/mol. The van der Waals surface area contributed by atoms with Crippen LogP contribution in [0, 0.1) is 5.92 Å². The van der Waals surface area contributed by atoms with Crippen LogP contribution in [0.4, 0.5) is 0 Å². The molecule has 1 saturated carbocycles. The minimum absolute atomic E-state index is 0.201. The van der Waals surface area contributed by atoms with E-state index < -0.39 is 0 Å². The second-order valence-electron chi connectivity index (χ2n) is 3.79. The minimum Gasteiger partial charge on any atom is -0.292 e. The van der Waals surface area contributed by atoms with E-state index in [1.165, 1.54) is 25.6 Å². The van der Waals surface area contributed by atoms with Crippen LogP contribution in [0.25, 0.3) is 0 Å². The molecule has 3 nitrogen and oxygen atoms in total. The molecule has 1 fully saturated rings. The fourth-order valence-electron chi connectivity index (χ4n) is 2.01. The average Bonchev–Trinajstić information content (AvgIpc) is 2.30. The van der Waals surface area contributed by atoms with Gasteiger partial charge in [0.05, 0.1) is 0 Å². The van der Waals surface area contributed by atoms with Gasteiger partial charge in [0.25, 0.3) is 0 Å². The molecule has 14 heavy (non-hydrogen) atoms. The van der Waals surface area contributed by atoms with Gasteiger partial charge in [-0.2, -0.15) is 0 Å². The van der Waals surface area contributed by atoms with Crippen LogP contribution in [0.15, 0.2) is 18.6 Å². The molecule has 1 aromatic heterocycles. The van der Waals surface area contributed by atoms with E-state index in [1.807, 2.05) is 0 Å². The summed E-state index contributed by atoms with van der Waals surface area (Å²) in [7, 11) is 0. The van der Waals surface area contributed by atoms with Crippen LogP contribution in [-0.2, 0) is 0 Å². The Kier molecular flexibility index (Phi) is 2.87. The first-order valence-electron chi connectivity index (χ1n) is 5.18. The van der Waals surface area contributed by atoms with E-state index in [0.29, 0.717) is 5.69 Å². The molecule has 0 bridgehead atoms. The molecule has 1 heterocycles. The van der Waals surface area contributed by atoms with Crippen molar-refractivity contribution in [3.63, 3.8) is 0 Å². The van der Waals surface area contributed by atoms with Crippen molar-refractivity contribution in [1.82, 2.24) is 9.97 Å². The summed E-state index contributed by atoms with van der Waals surface area (Å²) in [6.45, 7) is 0. The summed E-state index contributed by atoms with van der Waals surface area (Å²) in [5.41, 5.74) is 0.576. The van der Waals surface area contributed by atoms with Crippen LogP contribution < -0.4 is 0 Å². The SMILES string of the molecule is O=C(c1ccncn1)C1CCCCC1. The Morgan fingerprint density at radius 3 is 2.71 bits per heavy atom. The summed E-state index contributed by atoms with van der Waals surface area (Å²) in [5.74, 6) is 0.408. The summed E-state index contributed by atoms with van der Waals surface area (Å²) >= 11 is 0. The van der Waals surface area contributed by atoms with Gasteiger partial charge in [-0.15, -0.1) is 0 Å². The van der Waals surface area contributed by atoms with E-state index in [4.69, 9.17) is 0 Å². The third-order valence-corrected chi connectivity index (χ3v) is 2.81. The number of Topliss-reactive ketones (excluding diaryl/α,β-unsaturated/α-hetero) is 1. The number of ketones is 1. The first-order chi connectivity index (χ1) is 6.88. The molecular formula is C11H14N2O. The predicted octanol–water partition coefficient (Wildman–Crippen LogP) is 2.24. The van der Waals surface area contributed by atoms with E-state index in [0.717, 1.165) is 12.8 Å². The second-order valence-corrected chi connectivity index (χ2v) is 3.79. The van der Waals surface area contributed by atoms with Crippen LogP contribution in [-0.4, -0.2) is 15.8 Å². The Bertz CT molecular complexity index is 304. The Labute approximate surface area is 83.6 Å². The molecule has 0 saturated heterocycles. The highest BCUT2D eigenvalue weighted by Gasteiger charge is 2.22. The molecule has 0 aromatic carbocycles. The van der Waals surface area contributed by atoms with Crippen molar-refractivity contribution in [2.45, 2.75) is 32.1 Å². The standard InChI is InChI=1S/C11H14N2O/c14-11(9-4-2-1-3-5-9)10-6-7-12-8-13-10/h6-9H,1-5H2. The van der Waals surface area contributed by atoms with Gasteiger partial charge in [0, 0.05) is 12.1 Å². The molecule has 3 heteroatoms. The van der Waals surface area contributed by atoms with E-state index in [-0.39, 0.29) is 11.7 Å². The van der Waals surface area contributed by atoms with Gasteiger partial charge >= 0.3 is 0 Å². The molecule has 0 unspecified atom stereocenters. The van der Waals surface area contributed by atoms with Gasteiger partial charge in [0.15, 0.2) is 5.78 Å². The fourth-order valence-corrected chi connectivity index (χ4v) is 2.01. The lowest BCUT2D eigenvalue weighted by atomic mass is 9.85. The normalized spacial score (nSPS) is 18.0. The number of nitrogens with zero attached hydrogens (tertiary/aromatic N) is 2. The van der Waals surface area contributed by atoms with Gasteiger partial charge in [-0.1, -0.05) is 19.3 Å². The van der Waals surface area contributed by atoms with Crippen molar-refractivity contribution in [3.05, 3.63) is 24.3 Å². The maximum atomic E-state index is 11.9. The molecule has 1 aliphatic carbocycles. The van der Waals surface area contributed by atoms with E-state index in [2.05, 4.69) is 9.97 Å². The van der Waals surface area contributed by atoms with Gasteiger partial charge in [-0.25, -0.2) is 9.97 Å². The quantitative estimate of drug-likeness (QED) is 0.672. The number of hydrogen-bond acceptors (Lipinski definition) is 3. The van der Waals surface area contributed by atoms with Crippen molar-refractivity contribution >= 4 is 5.78 Å². The molecule has 1 aliphatic rings. The summed E-state index contributed by atoms with van der Waals surface area (Å²) < 4.78 is 0. The lowest BCUT2D eigenvalue weighted by Crippen LogP contribution is -2.18. The Hall–Kier alpha value is -1.25. The summed E-state index contributed by atoms with van der Waals surface area (Å²) in [4.78, 5) is 19.7. The zero-order valence-electron chi connectivity index (χ0n) is 8.15. The first kappa shape index (κ1) is 9.31. The van der Waals surface area contributed by atoms with Gasteiger partial charge in [0.1, 0.15) is 12.0 Å². The van der Waals surface area contributed by atoms with Crippen LogP contribution in [0.5, 0.6) is 0 Å². The zero-order valence-corrected chi connectivity index (χ0v) is 8.15. The second kappa shape index (κ2) is 4.31. The van der Waals surface area contributed by atoms with Crippen LogP contribution in [0.1, 0.15) is 42.6 Å². The molecule has 0 N–H and O–H groups in total. The third kappa shape index (κ3) is 1.97. The van der Waals surface area contributed by atoms with Crippen molar-refractivity contribution in [2.24, 2.45) is 5.92 Å². The highest BCUT2D eigenvalue weighted by atomic mass is 16.1. The van der Waals surface area contributed by atoms with Gasteiger partial charge in [0.2, 0.25) is 0 Å². The number of carbonyl (C=O) groups excluding carboxylic acids is 1. The third-order valence-electron chi connectivity index (χ3n) is 2.81. The van der Waals surface area contributed by atoms with Crippen molar-refractivity contribution in [3.8, 4) is 0 Å². The molecule has 0 atom stereocenters. The lowest BCUT2D eigenvalue weighted by Gasteiger charge is -2.19. The zero-order chi connectivity index (χ0) is 9.80. The van der Waals surface area contributed by atoms with Crippen molar-refractivity contribution < 1.29 is 4.79 Å². The molecule has 0 radical (unpaired) electrons. The molecule has 0 amide bonds.